The molecule has 0 unspecified atom stereocenters. The highest BCUT2D eigenvalue weighted by Crippen LogP contribution is 2.28. The molecule has 0 aliphatic heterocycles. The van der Waals surface area contributed by atoms with Crippen LogP contribution >= 0.6 is 0 Å². The lowest BCUT2D eigenvalue weighted by atomic mass is 9.96. The number of hydrogen-bond donors (Lipinski definition) is 2. The summed E-state index contributed by atoms with van der Waals surface area (Å²) in [6.45, 7) is 5.26. The molecule has 0 saturated carbocycles. The Morgan fingerprint density at radius 3 is 2.53 bits per heavy atom. The predicted octanol–water partition coefficient (Wildman–Crippen LogP) is 4.74. The zero-order valence-electron chi connectivity index (χ0n) is 20.7. The van der Waals surface area contributed by atoms with Crippen LogP contribution in [0.4, 0.5) is 11.6 Å². The molecule has 3 heterocycles. The normalized spacial score (nSPS) is 11.1. The van der Waals surface area contributed by atoms with Crippen LogP contribution in [-0.4, -0.2) is 24.7 Å². The van der Waals surface area contributed by atoms with Crippen molar-refractivity contribution in [3.05, 3.63) is 101 Å². The third kappa shape index (κ3) is 5.12. The summed E-state index contributed by atoms with van der Waals surface area (Å²) >= 11 is 0. The minimum Gasteiger partial charge on any atom is -0.473 e. The van der Waals surface area contributed by atoms with Crippen molar-refractivity contribution in [2.75, 3.05) is 11.1 Å². The van der Waals surface area contributed by atoms with Crippen LogP contribution in [0, 0.1) is 13.8 Å². The first-order valence-corrected chi connectivity index (χ1v) is 11.8. The van der Waals surface area contributed by atoms with Gasteiger partial charge in [0.1, 0.15) is 24.6 Å². The molecule has 8 heteroatoms. The number of aromatic nitrogens is 5. The van der Waals surface area contributed by atoms with E-state index in [1.165, 1.54) is 23.0 Å². The molecule has 182 valence electrons. The number of nitrogens with two attached hydrogens (primary N) is 1. The predicted molar refractivity (Wildman–Crippen MR) is 142 cm³/mol. The molecule has 0 spiro atoms. The molecule has 0 atom stereocenters. The third-order valence-electron chi connectivity index (χ3n) is 6.37. The molecule has 3 aromatic heterocycles. The van der Waals surface area contributed by atoms with E-state index >= 15 is 0 Å². The molecule has 0 bridgehead atoms. The smallest absolute Gasteiger partial charge is 0.218 e. The Balaban J connectivity index is 1.21. The molecule has 8 nitrogen and oxygen atoms in total. The summed E-state index contributed by atoms with van der Waals surface area (Å²) in [5, 5.41) is 9.94. The van der Waals surface area contributed by atoms with Crippen LogP contribution in [-0.2, 0) is 26.6 Å². The highest BCUT2D eigenvalue weighted by atomic mass is 16.5. The molecule has 5 aromatic rings. The lowest BCUT2D eigenvalue weighted by Gasteiger charge is -2.15. The number of ether oxygens (including phenoxy) is 1. The average Bonchev–Trinajstić information content (AvgIpc) is 3.29. The largest absolute Gasteiger partial charge is 0.473 e. The van der Waals surface area contributed by atoms with Crippen LogP contribution in [0.25, 0.3) is 10.8 Å². The van der Waals surface area contributed by atoms with Gasteiger partial charge in [-0.15, -0.1) is 0 Å². The van der Waals surface area contributed by atoms with Crippen molar-refractivity contribution in [1.29, 1.82) is 0 Å². The van der Waals surface area contributed by atoms with E-state index in [1.54, 1.807) is 6.20 Å². The highest BCUT2D eigenvalue weighted by molar-refractivity contribution is 5.94. The van der Waals surface area contributed by atoms with Gasteiger partial charge in [0, 0.05) is 43.9 Å². The number of anilines is 2. The summed E-state index contributed by atoms with van der Waals surface area (Å²) in [5.74, 6) is 1.79. The number of fused-ring (bicyclic) bond motifs is 1. The fourth-order valence-corrected chi connectivity index (χ4v) is 4.37. The van der Waals surface area contributed by atoms with Crippen LogP contribution in [0.5, 0.6) is 5.88 Å². The van der Waals surface area contributed by atoms with Crippen molar-refractivity contribution in [1.82, 2.24) is 24.7 Å². The maximum absolute atomic E-state index is 6.07. The van der Waals surface area contributed by atoms with Gasteiger partial charge in [-0.25, -0.2) is 15.0 Å². The van der Waals surface area contributed by atoms with E-state index in [4.69, 9.17) is 10.5 Å². The lowest BCUT2D eigenvalue weighted by Crippen LogP contribution is -2.07. The van der Waals surface area contributed by atoms with E-state index in [1.807, 2.05) is 36.1 Å². The molecule has 2 aromatic carbocycles. The Hall–Kier alpha value is -4.46. The van der Waals surface area contributed by atoms with Gasteiger partial charge in [-0.3, -0.25) is 4.68 Å². The zero-order valence-corrected chi connectivity index (χ0v) is 20.7. The van der Waals surface area contributed by atoms with Crippen LogP contribution in [0.2, 0.25) is 0 Å². The van der Waals surface area contributed by atoms with Crippen LogP contribution in [0.3, 0.4) is 0 Å². The second kappa shape index (κ2) is 10.0. The second-order valence-corrected chi connectivity index (χ2v) is 8.95. The van der Waals surface area contributed by atoms with Crippen molar-refractivity contribution in [2.45, 2.75) is 33.4 Å². The highest BCUT2D eigenvalue weighted by Gasteiger charge is 2.11. The molecule has 0 amide bonds. The second-order valence-electron chi connectivity index (χ2n) is 8.95. The quantitative estimate of drug-likeness (QED) is 0.331. The fraction of sp³-hybridized carbons (Fsp3) is 0.214. The number of nitrogen functional groups attached to an aromatic ring is 1. The first-order chi connectivity index (χ1) is 17.5. The first kappa shape index (κ1) is 23.3. The number of aryl methyl sites for hydroxylation is 3. The first-order valence-electron chi connectivity index (χ1n) is 11.8. The number of nitrogens with zero attached hydrogens (tertiary/aromatic N) is 5. The monoisotopic (exact) mass is 479 g/mol. The number of pyridine rings is 1. The Morgan fingerprint density at radius 1 is 0.944 bits per heavy atom. The Bertz CT molecular complexity index is 1510. The average molecular weight is 480 g/mol. The van der Waals surface area contributed by atoms with Gasteiger partial charge in [0.05, 0.1) is 5.69 Å². The van der Waals surface area contributed by atoms with Gasteiger partial charge >= 0.3 is 0 Å². The number of rotatable bonds is 8. The molecule has 0 aliphatic rings. The fourth-order valence-electron chi connectivity index (χ4n) is 4.37. The van der Waals surface area contributed by atoms with Crippen LogP contribution in [0.1, 0.15) is 33.5 Å². The van der Waals surface area contributed by atoms with Gasteiger partial charge in [0.15, 0.2) is 0 Å². The molecule has 0 aliphatic carbocycles. The van der Waals surface area contributed by atoms with E-state index < -0.39 is 0 Å². The minimum atomic E-state index is 0.429. The third-order valence-corrected chi connectivity index (χ3v) is 6.37. The van der Waals surface area contributed by atoms with Crippen LogP contribution in [0.15, 0.2) is 67.3 Å². The standard InChI is InChI=1S/C28H29N7O/c1-18-12-24-23(8-10-30-28(24)29)19(2)25(18)15-31-26-14-27(33-17-32-26)36-16-21-6-4-20(5-7-21)13-22-9-11-35(3)34-22/h4-12,14,17H,13,15-16H2,1-3H3,(H2,29,30)(H,31,32,33). The van der Waals surface area contributed by atoms with Gasteiger partial charge < -0.3 is 15.8 Å². The van der Waals surface area contributed by atoms with Gasteiger partial charge in [0.2, 0.25) is 5.88 Å². The summed E-state index contributed by atoms with van der Waals surface area (Å²) in [5.41, 5.74) is 13.0. The molecular weight excluding hydrogens is 450 g/mol. The lowest BCUT2D eigenvalue weighted by molar-refractivity contribution is 0.293. The Kier molecular flexibility index (Phi) is 6.49. The number of nitrogens with one attached hydrogen (secondary N) is 1. The van der Waals surface area contributed by atoms with Crippen molar-refractivity contribution in [3.63, 3.8) is 0 Å². The molecule has 0 radical (unpaired) electrons. The summed E-state index contributed by atoms with van der Waals surface area (Å²) in [6, 6.07) is 16.3. The SMILES string of the molecule is Cc1cc2c(N)nccc2c(C)c1CNc1cc(OCc2ccc(Cc3ccn(C)n3)cc2)ncn1. The van der Waals surface area contributed by atoms with Crippen LogP contribution < -0.4 is 15.8 Å². The minimum absolute atomic E-state index is 0.429. The summed E-state index contributed by atoms with van der Waals surface area (Å²) in [7, 11) is 1.93. The Labute approximate surface area is 210 Å². The maximum Gasteiger partial charge on any atom is 0.218 e. The van der Waals surface area contributed by atoms with E-state index in [2.05, 4.69) is 69.5 Å². The maximum atomic E-state index is 6.07. The molecule has 0 fully saturated rings. The molecule has 0 saturated heterocycles. The topological polar surface area (TPSA) is 104 Å². The van der Waals surface area contributed by atoms with E-state index in [-0.39, 0.29) is 0 Å². The van der Waals surface area contributed by atoms with E-state index in [0.29, 0.717) is 30.7 Å². The molecule has 5 rings (SSSR count). The summed E-state index contributed by atoms with van der Waals surface area (Å²) in [6.07, 6.45) is 6.03. The molecule has 3 N–H and O–H groups in total. The molecule has 36 heavy (non-hydrogen) atoms. The van der Waals surface area contributed by atoms with Crippen molar-refractivity contribution < 1.29 is 4.74 Å². The van der Waals surface area contributed by atoms with Crippen molar-refractivity contribution in [3.8, 4) is 5.88 Å². The summed E-state index contributed by atoms with van der Waals surface area (Å²) < 4.78 is 7.76. The van der Waals surface area contributed by atoms with Gasteiger partial charge in [-0.05, 0) is 65.3 Å². The van der Waals surface area contributed by atoms with Gasteiger partial charge in [0.25, 0.3) is 0 Å². The number of hydrogen-bond acceptors (Lipinski definition) is 7. The van der Waals surface area contributed by atoms with E-state index in [0.717, 1.165) is 34.0 Å². The molecular formula is C28H29N7O. The summed E-state index contributed by atoms with van der Waals surface area (Å²) in [4.78, 5) is 12.8. The Morgan fingerprint density at radius 2 is 1.75 bits per heavy atom. The van der Waals surface area contributed by atoms with Crippen molar-refractivity contribution in [2.24, 2.45) is 7.05 Å². The zero-order chi connectivity index (χ0) is 25.1. The van der Waals surface area contributed by atoms with Gasteiger partial charge in [-0.2, -0.15) is 5.10 Å². The van der Waals surface area contributed by atoms with Gasteiger partial charge in [-0.1, -0.05) is 24.3 Å². The number of benzene rings is 2. The van der Waals surface area contributed by atoms with Crippen molar-refractivity contribution >= 4 is 22.4 Å². The van der Waals surface area contributed by atoms with E-state index in [9.17, 15) is 0 Å².